The summed E-state index contributed by atoms with van der Waals surface area (Å²) < 4.78 is 11.4. The normalized spacial score (nSPS) is 11.8. The molecule has 0 saturated heterocycles. The summed E-state index contributed by atoms with van der Waals surface area (Å²) in [5.74, 6) is 0.881. The molecule has 5 nitrogen and oxygen atoms in total. The van der Waals surface area contributed by atoms with E-state index in [1.807, 2.05) is 54.6 Å². The molecule has 1 unspecified atom stereocenters. The number of hydrazone groups is 1. The number of halogens is 1. The Morgan fingerprint density at radius 2 is 1.79 bits per heavy atom. The molecule has 148 valence electrons. The highest BCUT2D eigenvalue weighted by atomic mass is 35.5. The molecule has 0 bridgehead atoms. The van der Waals surface area contributed by atoms with Crippen LogP contribution in [-0.4, -0.2) is 18.2 Å². The van der Waals surface area contributed by atoms with Crippen molar-refractivity contribution in [3.05, 3.63) is 95.0 Å². The number of hydrogen-bond donors (Lipinski definition) is 1. The maximum absolute atomic E-state index is 12.1. The van der Waals surface area contributed by atoms with Crippen molar-refractivity contribution in [3.63, 3.8) is 0 Å². The molecule has 1 amide bonds. The van der Waals surface area contributed by atoms with Crippen LogP contribution in [0.15, 0.2) is 84.0 Å². The maximum atomic E-state index is 12.1. The Morgan fingerprint density at radius 3 is 2.59 bits per heavy atom. The average Bonchev–Trinajstić information content (AvgIpc) is 2.73. The third-order valence-electron chi connectivity index (χ3n) is 3.97. The monoisotopic (exact) mass is 408 g/mol. The number of nitrogens with one attached hydrogen (secondary N) is 1. The van der Waals surface area contributed by atoms with Gasteiger partial charge in [-0.3, -0.25) is 4.79 Å². The minimum atomic E-state index is -0.717. The van der Waals surface area contributed by atoms with E-state index in [1.165, 1.54) is 0 Å². The zero-order valence-electron chi connectivity index (χ0n) is 15.9. The fraction of sp³-hybridized carbons (Fsp3) is 0.130. The molecule has 1 atom stereocenters. The van der Waals surface area contributed by atoms with Gasteiger partial charge in [0.1, 0.15) is 18.1 Å². The van der Waals surface area contributed by atoms with Crippen molar-refractivity contribution >= 4 is 23.7 Å². The molecule has 29 heavy (non-hydrogen) atoms. The van der Waals surface area contributed by atoms with Crippen molar-refractivity contribution in [2.75, 3.05) is 0 Å². The summed E-state index contributed by atoms with van der Waals surface area (Å²) >= 11 is 5.91. The third-order valence-corrected chi connectivity index (χ3v) is 4.21. The quantitative estimate of drug-likeness (QED) is 0.428. The van der Waals surface area contributed by atoms with Crippen LogP contribution in [0.5, 0.6) is 11.5 Å². The van der Waals surface area contributed by atoms with Gasteiger partial charge in [-0.15, -0.1) is 0 Å². The molecule has 3 aromatic carbocycles. The van der Waals surface area contributed by atoms with E-state index in [9.17, 15) is 4.79 Å². The Hall–Kier alpha value is -3.31. The van der Waals surface area contributed by atoms with Crippen LogP contribution in [-0.2, 0) is 11.4 Å². The summed E-state index contributed by atoms with van der Waals surface area (Å²) in [5.41, 5.74) is 4.37. The summed E-state index contributed by atoms with van der Waals surface area (Å²) in [6.07, 6.45) is 0.838. The van der Waals surface area contributed by atoms with Crippen LogP contribution in [0.3, 0.4) is 0 Å². The van der Waals surface area contributed by atoms with Crippen LogP contribution < -0.4 is 14.9 Å². The molecular formula is C23H21ClN2O3. The molecule has 6 heteroatoms. The third kappa shape index (κ3) is 6.66. The Kier molecular flexibility index (Phi) is 7.25. The summed E-state index contributed by atoms with van der Waals surface area (Å²) in [7, 11) is 0. The zero-order valence-corrected chi connectivity index (χ0v) is 16.7. The van der Waals surface area contributed by atoms with Gasteiger partial charge in [-0.2, -0.15) is 5.10 Å². The minimum absolute atomic E-state index is 0.363. The van der Waals surface area contributed by atoms with Crippen LogP contribution >= 0.6 is 11.6 Å². The van der Waals surface area contributed by atoms with Gasteiger partial charge in [0.2, 0.25) is 0 Å². The van der Waals surface area contributed by atoms with E-state index >= 15 is 0 Å². The standard InChI is InChI=1S/C23H21ClN2O3/c1-17(29-22-12-6-10-20(24)14-22)23(27)26-25-15-19-9-5-11-21(13-19)28-16-18-7-3-2-4-8-18/h2-15,17H,16H2,1H3,(H,26,27)/b25-15+. The number of nitrogens with zero attached hydrogens (tertiary/aromatic N) is 1. The minimum Gasteiger partial charge on any atom is -0.489 e. The molecule has 1 N–H and O–H groups in total. The van der Waals surface area contributed by atoms with Crippen LogP contribution in [0, 0.1) is 0 Å². The summed E-state index contributed by atoms with van der Waals surface area (Å²) in [5, 5.41) is 4.54. The van der Waals surface area contributed by atoms with Crippen LogP contribution in [0.25, 0.3) is 0 Å². The van der Waals surface area contributed by atoms with Gasteiger partial charge in [0, 0.05) is 5.02 Å². The maximum Gasteiger partial charge on any atom is 0.280 e. The van der Waals surface area contributed by atoms with Crippen molar-refractivity contribution < 1.29 is 14.3 Å². The molecular weight excluding hydrogens is 388 g/mol. The van der Waals surface area contributed by atoms with Crippen molar-refractivity contribution in [2.45, 2.75) is 19.6 Å². The molecule has 0 aliphatic rings. The van der Waals surface area contributed by atoms with E-state index in [4.69, 9.17) is 21.1 Å². The highest BCUT2D eigenvalue weighted by Crippen LogP contribution is 2.18. The number of amides is 1. The van der Waals surface area contributed by atoms with Gasteiger partial charge in [-0.25, -0.2) is 5.43 Å². The highest BCUT2D eigenvalue weighted by molar-refractivity contribution is 6.30. The Morgan fingerprint density at radius 1 is 1.03 bits per heavy atom. The fourth-order valence-corrected chi connectivity index (χ4v) is 2.67. The van der Waals surface area contributed by atoms with Gasteiger partial charge < -0.3 is 9.47 Å². The number of rotatable bonds is 8. The lowest BCUT2D eigenvalue weighted by atomic mass is 10.2. The van der Waals surface area contributed by atoms with E-state index in [1.54, 1.807) is 37.4 Å². The van der Waals surface area contributed by atoms with E-state index in [2.05, 4.69) is 10.5 Å². The molecule has 0 radical (unpaired) electrons. The number of carbonyl (C=O) groups excluding carboxylic acids is 1. The Bertz CT molecular complexity index is 977. The first-order valence-electron chi connectivity index (χ1n) is 9.12. The first kappa shape index (κ1) is 20.4. The van der Waals surface area contributed by atoms with Gasteiger partial charge in [-0.05, 0) is 48.4 Å². The second kappa shape index (κ2) is 10.3. The van der Waals surface area contributed by atoms with Crippen LogP contribution in [0.2, 0.25) is 5.02 Å². The Labute approximate surface area is 174 Å². The van der Waals surface area contributed by atoms with Crippen molar-refractivity contribution in [2.24, 2.45) is 5.10 Å². The summed E-state index contributed by atoms with van der Waals surface area (Å²) in [4.78, 5) is 12.1. The van der Waals surface area contributed by atoms with E-state index in [0.717, 1.165) is 16.9 Å². The Balaban J connectivity index is 1.51. The molecule has 0 fully saturated rings. The summed E-state index contributed by atoms with van der Waals surface area (Å²) in [6.45, 7) is 2.13. The van der Waals surface area contributed by atoms with Crippen molar-refractivity contribution in [1.82, 2.24) is 5.43 Å². The lowest BCUT2D eigenvalue weighted by Gasteiger charge is -2.13. The largest absolute Gasteiger partial charge is 0.489 e. The molecule has 3 aromatic rings. The van der Waals surface area contributed by atoms with Crippen molar-refractivity contribution in [3.8, 4) is 11.5 Å². The first-order chi connectivity index (χ1) is 14.1. The second-order valence-electron chi connectivity index (χ2n) is 6.30. The number of ether oxygens (including phenoxy) is 2. The van der Waals surface area contributed by atoms with Gasteiger partial charge in [-0.1, -0.05) is 60.1 Å². The predicted molar refractivity (Wildman–Crippen MR) is 114 cm³/mol. The number of carbonyl (C=O) groups is 1. The smallest absolute Gasteiger partial charge is 0.280 e. The molecule has 0 saturated carbocycles. The molecule has 0 aromatic heterocycles. The number of hydrogen-bond acceptors (Lipinski definition) is 4. The van der Waals surface area contributed by atoms with E-state index in [-0.39, 0.29) is 5.91 Å². The molecule has 0 aliphatic heterocycles. The molecule has 0 spiro atoms. The van der Waals surface area contributed by atoms with Gasteiger partial charge in [0.25, 0.3) is 5.91 Å². The molecule has 3 rings (SSSR count). The average molecular weight is 409 g/mol. The lowest BCUT2D eigenvalue weighted by molar-refractivity contribution is -0.127. The zero-order chi connectivity index (χ0) is 20.5. The van der Waals surface area contributed by atoms with Gasteiger partial charge >= 0.3 is 0 Å². The van der Waals surface area contributed by atoms with Gasteiger partial charge in [0.05, 0.1) is 6.21 Å². The second-order valence-corrected chi connectivity index (χ2v) is 6.73. The van der Waals surface area contributed by atoms with Crippen LogP contribution in [0.4, 0.5) is 0 Å². The van der Waals surface area contributed by atoms with E-state index in [0.29, 0.717) is 17.4 Å². The first-order valence-corrected chi connectivity index (χ1v) is 9.50. The number of benzene rings is 3. The SMILES string of the molecule is CC(Oc1cccc(Cl)c1)C(=O)N/N=C/c1cccc(OCc2ccccc2)c1. The lowest BCUT2D eigenvalue weighted by Crippen LogP contribution is -2.33. The predicted octanol–water partition coefficient (Wildman–Crippen LogP) is 4.84. The van der Waals surface area contributed by atoms with E-state index < -0.39 is 6.10 Å². The molecule has 0 heterocycles. The summed E-state index contributed by atoms with van der Waals surface area (Å²) in [6, 6.07) is 24.3. The van der Waals surface area contributed by atoms with Crippen LogP contribution in [0.1, 0.15) is 18.1 Å². The van der Waals surface area contributed by atoms with Gasteiger partial charge in [0.15, 0.2) is 6.10 Å². The van der Waals surface area contributed by atoms with Crippen molar-refractivity contribution in [1.29, 1.82) is 0 Å². The topological polar surface area (TPSA) is 59.9 Å². The highest BCUT2D eigenvalue weighted by Gasteiger charge is 2.13. The fourth-order valence-electron chi connectivity index (χ4n) is 2.48. The molecule has 0 aliphatic carbocycles.